The van der Waals surface area contributed by atoms with Crippen LogP contribution in [-0.4, -0.2) is 54.0 Å². The molecule has 4 heterocycles. The van der Waals surface area contributed by atoms with Gasteiger partial charge >= 0.3 is 0 Å². The molecule has 0 radical (unpaired) electrons. The summed E-state index contributed by atoms with van der Waals surface area (Å²) in [5.41, 5.74) is 0.549. The highest BCUT2D eigenvalue weighted by molar-refractivity contribution is 5.93. The standard InChI is InChI=1S/C13H13N9O2/c1-8-12(20-24-19-8)18-13(23)9-3-21(4-9)10-2-11(16-6-15-10)22-7-14-5-17-22/h2,5-7,9H,3-4H2,1H3,(H,18,20,23). The van der Waals surface area contributed by atoms with Gasteiger partial charge in [-0.15, -0.1) is 0 Å². The molecule has 122 valence electrons. The molecule has 0 aromatic carbocycles. The van der Waals surface area contributed by atoms with Crippen LogP contribution < -0.4 is 10.2 Å². The molecule has 0 atom stereocenters. The van der Waals surface area contributed by atoms with Crippen molar-refractivity contribution in [3.8, 4) is 5.82 Å². The molecule has 0 bridgehead atoms. The molecule has 0 aliphatic carbocycles. The number of carbonyl (C=O) groups excluding carboxylic acids is 1. The molecule has 11 heteroatoms. The number of hydrogen-bond acceptors (Lipinski definition) is 9. The first-order valence-corrected chi connectivity index (χ1v) is 7.23. The van der Waals surface area contributed by atoms with E-state index in [0.29, 0.717) is 30.4 Å². The summed E-state index contributed by atoms with van der Waals surface area (Å²) in [5.74, 6) is 1.45. The van der Waals surface area contributed by atoms with E-state index in [2.05, 4.69) is 40.3 Å². The molecule has 1 N–H and O–H groups in total. The number of hydrogen-bond donors (Lipinski definition) is 1. The Morgan fingerprint density at radius 2 is 2.08 bits per heavy atom. The van der Waals surface area contributed by atoms with Crippen molar-refractivity contribution in [3.05, 3.63) is 30.7 Å². The topological polar surface area (TPSA) is 128 Å². The Morgan fingerprint density at radius 1 is 1.25 bits per heavy atom. The van der Waals surface area contributed by atoms with E-state index in [9.17, 15) is 4.79 Å². The molecule has 1 amide bonds. The molecule has 4 rings (SSSR count). The van der Waals surface area contributed by atoms with Crippen molar-refractivity contribution in [1.82, 2.24) is 35.0 Å². The van der Waals surface area contributed by atoms with Crippen molar-refractivity contribution in [2.24, 2.45) is 5.92 Å². The summed E-state index contributed by atoms with van der Waals surface area (Å²) in [7, 11) is 0. The lowest BCUT2D eigenvalue weighted by Crippen LogP contribution is -2.52. The zero-order valence-corrected chi connectivity index (χ0v) is 12.7. The number of rotatable bonds is 4. The smallest absolute Gasteiger partial charge is 0.232 e. The number of aryl methyl sites for hydroxylation is 1. The van der Waals surface area contributed by atoms with E-state index < -0.39 is 0 Å². The van der Waals surface area contributed by atoms with Gasteiger partial charge in [0.1, 0.15) is 30.5 Å². The first-order chi connectivity index (χ1) is 11.7. The van der Waals surface area contributed by atoms with E-state index in [0.717, 1.165) is 5.82 Å². The molecule has 3 aromatic heterocycles. The summed E-state index contributed by atoms with van der Waals surface area (Å²) in [6, 6.07) is 1.80. The maximum atomic E-state index is 12.2. The molecular formula is C13H13N9O2. The Balaban J connectivity index is 1.40. The average molecular weight is 327 g/mol. The lowest BCUT2D eigenvalue weighted by atomic mass is 9.99. The number of anilines is 2. The summed E-state index contributed by atoms with van der Waals surface area (Å²) in [5, 5.41) is 14.0. The lowest BCUT2D eigenvalue weighted by Gasteiger charge is -2.38. The second-order valence-corrected chi connectivity index (χ2v) is 5.36. The Kier molecular flexibility index (Phi) is 3.37. The van der Waals surface area contributed by atoms with Gasteiger partial charge in [-0.1, -0.05) is 5.16 Å². The highest BCUT2D eigenvalue weighted by atomic mass is 16.6. The van der Waals surface area contributed by atoms with Crippen LogP contribution in [0, 0.1) is 12.8 Å². The van der Waals surface area contributed by atoms with Crippen LogP contribution in [0.2, 0.25) is 0 Å². The summed E-state index contributed by atoms with van der Waals surface area (Å²) in [6.45, 7) is 2.83. The van der Waals surface area contributed by atoms with Crippen LogP contribution in [0.1, 0.15) is 5.69 Å². The van der Waals surface area contributed by atoms with Gasteiger partial charge in [0, 0.05) is 19.2 Å². The Labute approximate surface area is 135 Å². The van der Waals surface area contributed by atoms with Gasteiger partial charge in [-0.05, 0) is 12.1 Å². The van der Waals surface area contributed by atoms with Crippen molar-refractivity contribution in [3.63, 3.8) is 0 Å². The van der Waals surface area contributed by atoms with Crippen LogP contribution >= 0.6 is 0 Å². The van der Waals surface area contributed by atoms with Crippen LogP contribution in [0.4, 0.5) is 11.6 Å². The maximum absolute atomic E-state index is 12.2. The number of aromatic nitrogens is 7. The van der Waals surface area contributed by atoms with Crippen molar-refractivity contribution < 1.29 is 9.42 Å². The molecule has 0 saturated carbocycles. The third-order valence-corrected chi connectivity index (χ3v) is 3.76. The minimum absolute atomic E-state index is 0.115. The van der Waals surface area contributed by atoms with Crippen molar-refractivity contribution in [2.75, 3.05) is 23.3 Å². The normalized spacial score (nSPS) is 14.5. The second kappa shape index (κ2) is 5.68. The van der Waals surface area contributed by atoms with Crippen molar-refractivity contribution in [1.29, 1.82) is 0 Å². The van der Waals surface area contributed by atoms with Gasteiger partial charge in [-0.25, -0.2) is 24.3 Å². The Morgan fingerprint density at radius 3 is 2.79 bits per heavy atom. The van der Waals surface area contributed by atoms with E-state index in [-0.39, 0.29) is 11.8 Å². The van der Waals surface area contributed by atoms with Gasteiger partial charge in [-0.3, -0.25) is 4.79 Å². The predicted octanol–water partition coefficient (Wildman–Crippen LogP) is -0.176. The molecule has 0 spiro atoms. The molecule has 0 unspecified atom stereocenters. The zero-order chi connectivity index (χ0) is 16.5. The predicted molar refractivity (Wildman–Crippen MR) is 80.3 cm³/mol. The molecule has 1 aliphatic rings. The van der Waals surface area contributed by atoms with E-state index >= 15 is 0 Å². The van der Waals surface area contributed by atoms with Gasteiger partial charge in [0.25, 0.3) is 0 Å². The molecule has 1 fully saturated rings. The Bertz CT molecular complexity index is 854. The van der Waals surface area contributed by atoms with Crippen LogP contribution in [0.3, 0.4) is 0 Å². The van der Waals surface area contributed by atoms with E-state index in [1.54, 1.807) is 24.0 Å². The fraction of sp³-hybridized carbons (Fsp3) is 0.308. The van der Waals surface area contributed by atoms with Crippen molar-refractivity contribution >= 4 is 17.5 Å². The highest BCUT2D eigenvalue weighted by Crippen LogP contribution is 2.24. The number of nitrogens with zero attached hydrogens (tertiary/aromatic N) is 8. The van der Waals surface area contributed by atoms with Gasteiger partial charge in [0.05, 0.1) is 5.92 Å². The first kappa shape index (κ1) is 14.2. The van der Waals surface area contributed by atoms with Crippen LogP contribution in [0.15, 0.2) is 29.7 Å². The van der Waals surface area contributed by atoms with E-state index in [1.165, 1.54) is 12.7 Å². The molecule has 11 nitrogen and oxygen atoms in total. The number of carbonyl (C=O) groups is 1. The summed E-state index contributed by atoms with van der Waals surface area (Å²) >= 11 is 0. The Hall–Kier alpha value is -3.37. The van der Waals surface area contributed by atoms with E-state index in [4.69, 9.17) is 0 Å². The molecule has 1 aliphatic heterocycles. The lowest BCUT2D eigenvalue weighted by molar-refractivity contribution is -0.120. The average Bonchev–Trinajstić information content (AvgIpc) is 3.19. The van der Waals surface area contributed by atoms with Crippen LogP contribution in [0.5, 0.6) is 0 Å². The minimum Gasteiger partial charge on any atom is -0.355 e. The van der Waals surface area contributed by atoms with Gasteiger partial charge in [-0.2, -0.15) is 5.10 Å². The minimum atomic E-state index is -0.147. The van der Waals surface area contributed by atoms with Crippen molar-refractivity contribution in [2.45, 2.75) is 6.92 Å². The number of nitrogens with one attached hydrogen (secondary N) is 1. The molecule has 1 saturated heterocycles. The molecule has 3 aromatic rings. The van der Waals surface area contributed by atoms with Crippen LogP contribution in [0.25, 0.3) is 5.82 Å². The molecule has 24 heavy (non-hydrogen) atoms. The fourth-order valence-electron chi connectivity index (χ4n) is 2.36. The quantitative estimate of drug-likeness (QED) is 0.694. The highest BCUT2D eigenvalue weighted by Gasteiger charge is 2.34. The second-order valence-electron chi connectivity index (χ2n) is 5.36. The maximum Gasteiger partial charge on any atom is 0.232 e. The van der Waals surface area contributed by atoms with Gasteiger partial charge < -0.3 is 10.2 Å². The van der Waals surface area contributed by atoms with E-state index in [1.807, 2.05) is 4.90 Å². The summed E-state index contributed by atoms with van der Waals surface area (Å²) < 4.78 is 6.11. The SMILES string of the molecule is Cc1nonc1NC(=O)C1CN(c2cc(-n3cncn3)ncn2)C1. The van der Waals surface area contributed by atoms with Crippen LogP contribution in [-0.2, 0) is 4.79 Å². The fourth-order valence-corrected chi connectivity index (χ4v) is 2.36. The third kappa shape index (κ3) is 2.55. The largest absolute Gasteiger partial charge is 0.355 e. The summed E-state index contributed by atoms with van der Waals surface area (Å²) in [4.78, 5) is 26.4. The summed E-state index contributed by atoms with van der Waals surface area (Å²) in [6.07, 6.45) is 4.46. The monoisotopic (exact) mass is 327 g/mol. The first-order valence-electron chi connectivity index (χ1n) is 7.23. The third-order valence-electron chi connectivity index (χ3n) is 3.76. The van der Waals surface area contributed by atoms with Gasteiger partial charge in [0.2, 0.25) is 5.91 Å². The zero-order valence-electron chi connectivity index (χ0n) is 12.7. The molecular weight excluding hydrogens is 314 g/mol. The number of amides is 1. The van der Waals surface area contributed by atoms with Gasteiger partial charge in [0.15, 0.2) is 11.6 Å².